The van der Waals surface area contributed by atoms with E-state index in [0.717, 1.165) is 47.6 Å². The van der Waals surface area contributed by atoms with Crippen molar-refractivity contribution >= 4 is 58.9 Å². The molecule has 0 bridgehead atoms. The number of para-hydroxylation sites is 1. The van der Waals surface area contributed by atoms with Crippen LogP contribution < -0.4 is 5.73 Å². The summed E-state index contributed by atoms with van der Waals surface area (Å²) in [5.41, 5.74) is 10.7. The summed E-state index contributed by atoms with van der Waals surface area (Å²) in [6, 6.07) is 22.3. The van der Waals surface area contributed by atoms with E-state index < -0.39 is 0 Å². The van der Waals surface area contributed by atoms with Gasteiger partial charge in [-0.1, -0.05) is 36.4 Å². The zero-order valence-electron chi connectivity index (χ0n) is 12.1. The van der Waals surface area contributed by atoms with Gasteiger partial charge in [-0.2, -0.15) is 0 Å². The Kier molecular flexibility index (Phi) is 4.81. The molecule has 5 heteroatoms. The molecular weight excluding hydrogens is 342 g/mol. The summed E-state index contributed by atoms with van der Waals surface area (Å²) in [6.45, 7) is 0. The van der Waals surface area contributed by atoms with E-state index in [4.69, 9.17) is 10.2 Å². The highest BCUT2D eigenvalue weighted by Crippen LogP contribution is 2.32. The van der Waals surface area contributed by atoms with Gasteiger partial charge in [-0.15, -0.1) is 0 Å². The molecule has 0 saturated heterocycles. The van der Waals surface area contributed by atoms with Gasteiger partial charge >= 0.3 is 0 Å². The molecule has 0 spiro atoms. The quantitative estimate of drug-likeness (QED) is 0.497. The monoisotopic (exact) mass is 355 g/mol. The summed E-state index contributed by atoms with van der Waals surface area (Å²) in [6.07, 6.45) is 0. The topological polar surface area (TPSA) is 39.2 Å². The van der Waals surface area contributed by atoms with E-state index in [9.17, 15) is 0 Å². The highest BCUT2D eigenvalue weighted by molar-refractivity contribution is 8.37. The molecule has 0 aliphatic carbocycles. The Morgan fingerprint density at radius 3 is 2.22 bits per heavy atom. The van der Waals surface area contributed by atoms with E-state index in [1.54, 1.807) is 0 Å². The van der Waals surface area contributed by atoms with Crippen LogP contribution in [0.2, 0.25) is 0 Å². The Morgan fingerprint density at radius 2 is 1.43 bits per heavy atom. The van der Waals surface area contributed by atoms with E-state index in [2.05, 4.69) is 46.6 Å². The highest BCUT2D eigenvalue weighted by Gasteiger charge is 2.07. The van der Waals surface area contributed by atoms with Gasteiger partial charge in [-0.05, 0) is 41.5 Å². The molecule has 0 radical (unpaired) electrons. The van der Waals surface area contributed by atoms with Crippen LogP contribution in [0.4, 0.5) is 5.69 Å². The molecule has 2 nitrogen and oxygen atoms in total. The lowest BCUT2D eigenvalue weighted by Gasteiger charge is -2.03. The smallest absolute Gasteiger partial charge is 0.135 e. The summed E-state index contributed by atoms with van der Waals surface area (Å²) < 4.78 is 5.84. The average molecular weight is 356 g/mol. The second-order valence-electron chi connectivity index (χ2n) is 5.00. The second kappa shape index (κ2) is 7.00. The fourth-order valence-corrected chi connectivity index (χ4v) is 2.62. The highest BCUT2D eigenvalue weighted by atomic mass is 33.1. The molecule has 0 atom stereocenters. The maximum absolute atomic E-state index is 5.86. The van der Waals surface area contributed by atoms with Crippen LogP contribution in [0.5, 0.6) is 0 Å². The van der Waals surface area contributed by atoms with Crippen molar-refractivity contribution in [3.05, 3.63) is 66.7 Å². The molecule has 4 rings (SSSR count). The number of hydrogen-bond donors (Lipinski definition) is 1. The van der Waals surface area contributed by atoms with Crippen LogP contribution in [0, 0.1) is 0 Å². The standard InChI is InChI=1S/C18H13NO.S3/c19-14-5-3-4-12(10-14)13-8-9-18-16(11-13)15-6-1-2-7-17(15)20-18;1-3-2/h1-11H,19H2;. The molecule has 0 aliphatic rings. The van der Waals surface area contributed by atoms with Gasteiger partial charge in [0.15, 0.2) is 0 Å². The fourth-order valence-electron chi connectivity index (χ4n) is 2.62. The third-order valence-corrected chi connectivity index (χ3v) is 3.60. The maximum atomic E-state index is 5.86. The van der Waals surface area contributed by atoms with Crippen LogP contribution >= 0.6 is 0 Å². The summed E-state index contributed by atoms with van der Waals surface area (Å²) in [4.78, 5) is 0. The summed E-state index contributed by atoms with van der Waals surface area (Å²) in [7, 11) is 0.917. The van der Waals surface area contributed by atoms with Gasteiger partial charge in [0.05, 0.1) is 0 Å². The van der Waals surface area contributed by atoms with Crippen molar-refractivity contribution in [2.24, 2.45) is 0 Å². The van der Waals surface area contributed by atoms with Gasteiger partial charge in [0.25, 0.3) is 0 Å². The van der Waals surface area contributed by atoms with Crippen molar-refractivity contribution < 1.29 is 4.42 Å². The third kappa shape index (κ3) is 3.32. The zero-order chi connectivity index (χ0) is 16.2. The van der Waals surface area contributed by atoms with E-state index in [0.29, 0.717) is 0 Å². The van der Waals surface area contributed by atoms with Crippen LogP contribution in [0.15, 0.2) is 71.1 Å². The average Bonchev–Trinajstić information content (AvgIpc) is 2.93. The minimum Gasteiger partial charge on any atom is -0.456 e. The lowest BCUT2D eigenvalue weighted by molar-refractivity contribution is 0.669. The van der Waals surface area contributed by atoms with Gasteiger partial charge in [0, 0.05) is 47.7 Å². The van der Waals surface area contributed by atoms with Crippen LogP contribution in [0.25, 0.3) is 33.1 Å². The molecule has 0 amide bonds. The first-order chi connectivity index (χ1) is 11.2. The largest absolute Gasteiger partial charge is 0.456 e. The molecule has 23 heavy (non-hydrogen) atoms. The van der Waals surface area contributed by atoms with Crippen molar-refractivity contribution in [3.63, 3.8) is 0 Å². The fraction of sp³-hybridized carbons (Fsp3) is 0. The van der Waals surface area contributed by atoms with Crippen molar-refractivity contribution in [1.29, 1.82) is 0 Å². The number of anilines is 1. The summed E-state index contributed by atoms with van der Waals surface area (Å²) in [5, 5.41) is 2.29. The molecule has 4 aromatic rings. The lowest BCUT2D eigenvalue weighted by Crippen LogP contribution is -1.84. The number of benzene rings is 3. The zero-order valence-corrected chi connectivity index (χ0v) is 14.5. The summed E-state index contributed by atoms with van der Waals surface area (Å²) >= 11 is 8.25. The normalized spacial score (nSPS) is 10.3. The van der Waals surface area contributed by atoms with E-state index in [-0.39, 0.29) is 0 Å². The van der Waals surface area contributed by atoms with Gasteiger partial charge in [0.1, 0.15) is 11.2 Å². The van der Waals surface area contributed by atoms with Crippen LogP contribution in [-0.4, -0.2) is 0 Å². The predicted molar refractivity (Wildman–Crippen MR) is 106 cm³/mol. The first kappa shape index (κ1) is 15.8. The van der Waals surface area contributed by atoms with Gasteiger partial charge < -0.3 is 10.2 Å². The van der Waals surface area contributed by atoms with Gasteiger partial charge in [-0.3, -0.25) is 0 Å². The minimum atomic E-state index is 0.777. The van der Waals surface area contributed by atoms with E-state index in [1.165, 1.54) is 0 Å². The lowest BCUT2D eigenvalue weighted by atomic mass is 10.0. The molecule has 0 unspecified atom stereocenters. The number of hydrogen-bond acceptors (Lipinski definition) is 4. The molecule has 1 aromatic heterocycles. The number of rotatable bonds is 1. The Morgan fingerprint density at radius 1 is 0.739 bits per heavy atom. The van der Waals surface area contributed by atoms with Crippen LogP contribution in [-0.2, 0) is 31.3 Å². The van der Waals surface area contributed by atoms with E-state index in [1.807, 2.05) is 42.5 Å². The van der Waals surface area contributed by atoms with E-state index >= 15 is 0 Å². The van der Waals surface area contributed by atoms with Crippen molar-refractivity contribution in [1.82, 2.24) is 0 Å². The Balaban J connectivity index is 0.000000485. The SMILES string of the molecule is Nc1cccc(-c2ccc3oc4ccccc4c3c2)c1.S=S=S. The number of furan rings is 1. The third-order valence-electron chi connectivity index (χ3n) is 3.60. The molecule has 0 saturated carbocycles. The molecule has 3 aromatic carbocycles. The Hall–Kier alpha value is -2.08. The van der Waals surface area contributed by atoms with Crippen LogP contribution in [0.1, 0.15) is 0 Å². The summed E-state index contributed by atoms with van der Waals surface area (Å²) in [5.74, 6) is 0. The number of fused-ring (bicyclic) bond motifs is 3. The second-order valence-corrected chi connectivity index (χ2v) is 6.77. The molecule has 1 heterocycles. The minimum absolute atomic E-state index is 0.777. The molecule has 114 valence electrons. The van der Waals surface area contributed by atoms with Gasteiger partial charge in [0.2, 0.25) is 0 Å². The predicted octanol–water partition coefficient (Wildman–Crippen LogP) is 4.83. The molecule has 0 aliphatic heterocycles. The van der Waals surface area contributed by atoms with Crippen LogP contribution in [0.3, 0.4) is 0 Å². The first-order valence-corrected chi connectivity index (χ1v) is 9.58. The number of nitrogen functional groups attached to an aromatic ring is 1. The Bertz CT molecular complexity index is 1020. The maximum Gasteiger partial charge on any atom is 0.135 e. The molecular formula is C18H13NOS3. The number of nitrogens with two attached hydrogens (primary N) is 1. The van der Waals surface area contributed by atoms with Crippen molar-refractivity contribution in [2.45, 2.75) is 0 Å². The first-order valence-electron chi connectivity index (χ1n) is 6.92. The molecule has 2 N–H and O–H groups in total. The molecule has 0 fully saturated rings. The van der Waals surface area contributed by atoms with Crippen molar-refractivity contribution in [3.8, 4) is 11.1 Å². The Labute approximate surface area is 146 Å². The van der Waals surface area contributed by atoms with Gasteiger partial charge in [-0.25, -0.2) is 0 Å². The van der Waals surface area contributed by atoms with Crippen molar-refractivity contribution in [2.75, 3.05) is 5.73 Å².